The highest BCUT2D eigenvalue weighted by Gasteiger charge is 2.58. The van der Waals surface area contributed by atoms with Gasteiger partial charge in [0.2, 0.25) is 10.2 Å². The molecule has 8 rings (SSSR count). The number of hydrogen-bond acceptors (Lipinski definition) is 5. The highest BCUT2D eigenvalue weighted by molar-refractivity contribution is 7.98. The Morgan fingerprint density at radius 1 is 0.655 bits per heavy atom. The predicted octanol–water partition coefficient (Wildman–Crippen LogP) is 3.03. The molecular weight excluding hydrogens is 410 g/mol. The first-order chi connectivity index (χ1) is 13.7. The van der Waals surface area contributed by atoms with E-state index < -0.39 is 20.5 Å². The van der Waals surface area contributed by atoms with Gasteiger partial charge in [0, 0.05) is 12.1 Å². The van der Waals surface area contributed by atoms with Crippen molar-refractivity contribution in [2.24, 2.45) is 52.5 Å². The van der Waals surface area contributed by atoms with Crippen LogP contribution < -0.4 is 5.14 Å². The molecule has 8 aliphatic carbocycles. The van der Waals surface area contributed by atoms with Crippen LogP contribution in [-0.4, -0.2) is 29.0 Å². The molecule has 8 aliphatic rings. The standard InChI is InChI=1S/C20H33N3O4S2/c21-28(24,27-29(22,25)26)23(19-15-3-11-1-12(5-15)6-16(19)4-11)20-17-7-13-2-14(9-17)10-18(20)8-13/h11-21H,1-10H2,(H2,22,25,26). The molecule has 0 amide bonds. The van der Waals surface area contributed by atoms with Crippen molar-refractivity contribution < 1.29 is 16.3 Å². The molecule has 0 aliphatic heterocycles. The molecule has 8 saturated carbocycles. The van der Waals surface area contributed by atoms with Crippen molar-refractivity contribution in [2.75, 3.05) is 0 Å². The molecule has 1 atom stereocenters. The van der Waals surface area contributed by atoms with Gasteiger partial charge in [0.05, 0.1) is 0 Å². The summed E-state index contributed by atoms with van der Waals surface area (Å²) in [6.45, 7) is 0. The Kier molecular flexibility index (Phi) is 4.30. The van der Waals surface area contributed by atoms with Crippen molar-refractivity contribution in [3.63, 3.8) is 0 Å². The summed E-state index contributed by atoms with van der Waals surface area (Å²) in [5.41, 5.74) is 0. The van der Waals surface area contributed by atoms with E-state index in [0.29, 0.717) is 23.7 Å². The van der Waals surface area contributed by atoms with Crippen molar-refractivity contribution in [1.29, 1.82) is 4.78 Å². The highest BCUT2D eigenvalue weighted by atomic mass is 32.3. The number of nitrogens with zero attached hydrogens (tertiary/aromatic N) is 1. The quantitative estimate of drug-likeness (QED) is 0.680. The Labute approximate surface area is 174 Å². The van der Waals surface area contributed by atoms with Gasteiger partial charge in [-0.05, 0) is 112 Å². The Balaban J connectivity index is 1.41. The predicted molar refractivity (Wildman–Crippen MR) is 109 cm³/mol. The third-order valence-electron chi connectivity index (χ3n) is 9.41. The number of rotatable bonds is 5. The van der Waals surface area contributed by atoms with Crippen molar-refractivity contribution in [1.82, 2.24) is 4.31 Å². The molecule has 0 saturated heterocycles. The summed E-state index contributed by atoms with van der Waals surface area (Å²) in [4.78, 5) is 0. The van der Waals surface area contributed by atoms with Crippen LogP contribution in [0.1, 0.15) is 64.2 Å². The van der Waals surface area contributed by atoms with E-state index in [0.717, 1.165) is 75.0 Å². The average Bonchev–Trinajstić information content (AvgIpc) is 2.56. The molecule has 7 nitrogen and oxygen atoms in total. The zero-order chi connectivity index (χ0) is 20.1. The second-order valence-electron chi connectivity index (χ2n) is 11.2. The van der Waals surface area contributed by atoms with Gasteiger partial charge in [0.15, 0.2) is 0 Å². The maximum Gasteiger partial charge on any atom is 0.347 e. The van der Waals surface area contributed by atoms with E-state index in [9.17, 15) is 12.6 Å². The molecule has 3 N–H and O–H groups in total. The molecule has 0 radical (unpaired) electrons. The maximum atomic E-state index is 13.7. The lowest BCUT2D eigenvalue weighted by atomic mass is 9.52. The van der Waals surface area contributed by atoms with Crippen LogP contribution in [0.5, 0.6) is 0 Å². The number of nitrogens with one attached hydrogen (secondary N) is 1. The molecule has 0 spiro atoms. The summed E-state index contributed by atoms with van der Waals surface area (Å²) >= 11 is 0. The summed E-state index contributed by atoms with van der Waals surface area (Å²) in [5, 5.41) is 5.13. The smallest absolute Gasteiger partial charge is 0.216 e. The third-order valence-corrected chi connectivity index (χ3v) is 11.9. The summed E-state index contributed by atoms with van der Waals surface area (Å²) in [6.07, 6.45) is 11.7. The zero-order valence-electron chi connectivity index (χ0n) is 16.8. The van der Waals surface area contributed by atoms with Gasteiger partial charge < -0.3 is 0 Å². The fraction of sp³-hybridized carbons (Fsp3) is 1.00. The second kappa shape index (κ2) is 6.40. The summed E-state index contributed by atoms with van der Waals surface area (Å²) in [5.74, 6) is 4.70. The fourth-order valence-corrected chi connectivity index (χ4v) is 11.9. The van der Waals surface area contributed by atoms with Crippen LogP contribution in [0.15, 0.2) is 0 Å². The van der Waals surface area contributed by atoms with Crippen molar-refractivity contribution >= 4 is 20.5 Å². The van der Waals surface area contributed by atoms with E-state index >= 15 is 0 Å². The second-order valence-corrected chi connectivity index (χ2v) is 14.1. The summed E-state index contributed by atoms with van der Waals surface area (Å²) in [6, 6.07) is 0.0224. The van der Waals surface area contributed by atoms with Gasteiger partial charge in [-0.25, -0.2) is 14.1 Å². The van der Waals surface area contributed by atoms with Crippen LogP contribution in [0.4, 0.5) is 0 Å². The lowest BCUT2D eigenvalue weighted by molar-refractivity contribution is -0.100. The molecule has 0 heterocycles. The average molecular weight is 444 g/mol. The zero-order valence-corrected chi connectivity index (χ0v) is 18.5. The molecule has 8 fully saturated rings. The van der Waals surface area contributed by atoms with Gasteiger partial charge in [-0.15, -0.1) is 3.63 Å². The van der Waals surface area contributed by atoms with Gasteiger partial charge in [-0.2, -0.15) is 12.7 Å². The molecule has 0 aromatic carbocycles. The molecular formula is C20H33N3O4S2. The minimum atomic E-state index is -4.46. The Morgan fingerprint density at radius 2 is 0.966 bits per heavy atom. The maximum absolute atomic E-state index is 13.7. The number of hydrogen-bond donors (Lipinski definition) is 2. The van der Waals surface area contributed by atoms with Gasteiger partial charge >= 0.3 is 10.3 Å². The monoisotopic (exact) mass is 443 g/mol. The van der Waals surface area contributed by atoms with E-state index in [1.54, 1.807) is 0 Å². The summed E-state index contributed by atoms with van der Waals surface area (Å²) in [7, 11) is -8.41. The van der Waals surface area contributed by atoms with Crippen LogP contribution in [0, 0.1) is 52.1 Å². The molecule has 0 aromatic heterocycles. The molecule has 8 bridgehead atoms. The van der Waals surface area contributed by atoms with Gasteiger partial charge in [0.25, 0.3) is 0 Å². The lowest BCUT2D eigenvalue weighted by Gasteiger charge is -2.62. The highest BCUT2D eigenvalue weighted by Crippen LogP contribution is 2.60. The van der Waals surface area contributed by atoms with E-state index in [-0.39, 0.29) is 12.1 Å². The van der Waals surface area contributed by atoms with Gasteiger partial charge in [-0.1, -0.05) is 0 Å². The van der Waals surface area contributed by atoms with Crippen LogP contribution in [0.3, 0.4) is 0 Å². The minimum absolute atomic E-state index is 0.0112. The van der Waals surface area contributed by atoms with Gasteiger partial charge in [-0.3, -0.25) is 0 Å². The molecule has 1 unspecified atom stereocenters. The Morgan fingerprint density at radius 3 is 1.24 bits per heavy atom. The van der Waals surface area contributed by atoms with Crippen molar-refractivity contribution in [2.45, 2.75) is 76.3 Å². The van der Waals surface area contributed by atoms with Crippen LogP contribution in [-0.2, 0) is 24.1 Å². The molecule has 9 heteroatoms. The normalized spacial score (nSPS) is 52.2. The molecule has 29 heavy (non-hydrogen) atoms. The van der Waals surface area contributed by atoms with Crippen LogP contribution in [0.2, 0.25) is 0 Å². The Hall–Kier alpha value is -0.220. The van der Waals surface area contributed by atoms with E-state index in [1.807, 2.05) is 4.31 Å². The fourth-order valence-electron chi connectivity index (χ4n) is 9.31. The van der Waals surface area contributed by atoms with Gasteiger partial charge in [0.1, 0.15) is 0 Å². The third kappa shape index (κ3) is 3.22. The SMILES string of the molecule is N=S(=O)(OS(N)(=O)=O)N(C1C2CC3CC(C2)CC1C3)C1C2CC3CC(C2)CC1C3. The molecule has 164 valence electrons. The first-order valence-corrected chi connectivity index (χ1v) is 14.4. The van der Waals surface area contributed by atoms with Crippen LogP contribution >= 0.6 is 0 Å². The lowest BCUT2D eigenvalue weighted by Crippen LogP contribution is -2.65. The van der Waals surface area contributed by atoms with Crippen molar-refractivity contribution in [3.05, 3.63) is 0 Å². The first-order valence-electron chi connectivity index (χ1n) is 11.5. The minimum Gasteiger partial charge on any atom is -0.216 e. The van der Waals surface area contributed by atoms with E-state index in [2.05, 4.69) is 0 Å². The Bertz CT molecular complexity index is 805. The largest absolute Gasteiger partial charge is 0.347 e. The van der Waals surface area contributed by atoms with E-state index in [1.165, 1.54) is 12.8 Å². The first kappa shape index (κ1) is 19.5. The topological polar surface area (TPSA) is 114 Å². The van der Waals surface area contributed by atoms with Crippen molar-refractivity contribution in [3.8, 4) is 0 Å². The van der Waals surface area contributed by atoms with Crippen LogP contribution in [0.25, 0.3) is 0 Å². The number of nitrogens with two attached hydrogens (primary N) is 1. The van der Waals surface area contributed by atoms with E-state index in [4.69, 9.17) is 13.5 Å². The molecule has 0 aromatic rings. The summed E-state index contributed by atoms with van der Waals surface area (Å²) < 4.78 is 52.5.